The minimum atomic E-state index is 0.440. The number of rotatable bonds is 7. The first-order valence-electron chi connectivity index (χ1n) is 7.15. The molecule has 0 saturated heterocycles. The molecule has 0 atom stereocenters. The molecular formula is C14H21N7S2. The van der Waals surface area contributed by atoms with Crippen molar-refractivity contribution in [1.82, 2.24) is 15.6 Å². The summed E-state index contributed by atoms with van der Waals surface area (Å²) in [4.78, 5) is 4.08. The van der Waals surface area contributed by atoms with Crippen LogP contribution in [0.3, 0.4) is 0 Å². The monoisotopic (exact) mass is 351 g/mol. The summed E-state index contributed by atoms with van der Waals surface area (Å²) < 4.78 is 0. The van der Waals surface area contributed by atoms with Crippen molar-refractivity contribution >= 4 is 47.5 Å². The van der Waals surface area contributed by atoms with Gasteiger partial charge in [-0.1, -0.05) is 6.07 Å². The van der Waals surface area contributed by atoms with E-state index in [2.05, 4.69) is 61.3 Å². The number of aromatic nitrogens is 1. The summed E-state index contributed by atoms with van der Waals surface area (Å²) in [5.74, 6) is 0. The average molecular weight is 352 g/mol. The van der Waals surface area contributed by atoms with E-state index in [-0.39, 0.29) is 0 Å². The zero-order valence-corrected chi connectivity index (χ0v) is 14.9. The predicted molar refractivity (Wildman–Crippen MR) is 104 cm³/mol. The van der Waals surface area contributed by atoms with Gasteiger partial charge in [0.1, 0.15) is 0 Å². The number of amidine groups is 2. The number of hydrogen-bond donors (Lipinski definition) is 4. The van der Waals surface area contributed by atoms with Crippen LogP contribution < -0.4 is 10.6 Å². The van der Waals surface area contributed by atoms with Crippen LogP contribution in [-0.4, -0.2) is 40.3 Å². The second-order valence-corrected chi connectivity index (χ2v) is 5.13. The lowest BCUT2D eigenvalue weighted by Gasteiger charge is -2.01. The highest BCUT2D eigenvalue weighted by Crippen LogP contribution is 1.99. The number of pyridine rings is 1. The molecule has 124 valence electrons. The largest absolute Gasteiger partial charge is 0.364 e. The van der Waals surface area contributed by atoms with E-state index in [0.717, 1.165) is 18.7 Å². The van der Waals surface area contributed by atoms with Crippen molar-refractivity contribution in [2.75, 3.05) is 13.1 Å². The van der Waals surface area contributed by atoms with E-state index >= 15 is 0 Å². The first kappa shape index (κ1) is 19.2. The molecule has 0 radical (unpaired) electrons. The summed E-state index contributed by atoms with van der Waals surface area (Å²) in [7, 11) is 0. The van der Waals surface area contributed by atoms with Gasteiger partial charge < -0.3 is 10.6 Å². The molecule has 0 fully saturated rings. The molecule has 1 heterocycles. The summed E-state index contributed by atoms with van der Waals surface area (Å²) in [6.45, 7) is 5.36. The zero-order chi connectivity index (χ0) is 16.9. The topological polar surface area (TPSA) is 86.4 Å². The summed E-state index contributed by atoms with van der Waals surface area (Å²) in [5, 5.41) is 22.8. The fraction of sp³-hybridized carbons (Fsp3) is 0.357. The third-order valence-electron chi connectivity index (χ3n) is 2.41. The van der Waals surface area contributed by atoms with Crippen molar-refractivity contribution in [3.05, 3.63) is 30.1 Å². The Bertz CT molecular complexity index is 582. The van der Waals surface area contributed by atoms with Crippen molar-refractivity contribution in [1.29, 1.82) is 0 Å². The van der Waals surface area contributed by atoms with Gasteiger partial charge >= 0.3 is 0 Å². The first-order chi connectivity index (χ1) is 11.2. The van der Waals surface area contributed by atoms with Crippen molar-refractivity contribution in [2.45, 2.75) is 20.3 Å². The molecule has 0 bridgehead atoms. The predicted octanol–water partition coefficient (Wildman–Crippen LogP) is 1.76. The van der Waals surface area contributed by atoms with Gasteiger partial charge in [0.2, 0.25) is 0 Å². The smallest absolute Gasteiger partial charge is 0.180 e. The van der Waals surface area contributed by atoms with Gasteiger partial charge in [0, 0.05) is 31.9 Å². The Hall–Kier alpha value is -1.87. The van der Waals surface area contributed by atoms with E-state index in [1.54, 1.807) is 12.4 Å². The van der Waals surface area contributed by atoms with Crippen LogP contribution in [0.25, 0.3) is 0 Å². The first-order valence-corrected chi connectivity index (χ1v) is 8.05. The molecule has 1 aromatic heterocycles. The summed E-state index contributed by atoms with van der Waals surface area (Å²) in [6.07, 6.45) is 5.56. The normalized spacial score (nSPS) is 13.5. The molecule has 0 spiro atoms. The Kier molecular flexibility index (Phi) is 9.73. The quantitative estimate of drug-likeness (QED) is 0.261. The second-order valence-electron chi connectivity index (χ2n) is 4.28. The van der Waals surface area contributed by atoms with Crippen LogP contribution in [0.15, 0.2) is 44.9 Å². The lowest BCUT2D eigenvalue weighted by molar-refractivity contribution is 0.970. The summed E-state index contributed by atoms with van der Waals surface area (Å²) >= 11 is 8.34. The Morgan fingerprint density at radius 1 is 1.13 bits per heavy atom. The number of thiol groups is 2. The van der Waals surface area contributed by atoms with E-state index in [4.69, 9.17) is 0 Å². The Morgan fingerprint density at radius 3 is 2.43 bits per heavy atom. The van der Waals surface area contributed by atoms with Gasteiger partial charge in [0.05, 0.1) is 11.9 Å². The molecule has 1 rings (SSSR count). The SMILES string of the molecule is CCN/C(S)=N/N=C/C(Cc1cccnc1)=N/N=C(\S)NCC. The molecule has 2 N–H and O–H groups in total. The molecule has 0 saturated carbocycles. The van der Waals surface area contributed by atoms with E-state index in [1.807, 2.05) is 26.0 Å². The van der Waals surface area contributed by atoms with Gasteiger partial charge in [-0.05, 0) is 25.5 Å². The number of nitrogens with zero attached hydrogens (tertiary/aromatic N) is 5. The molecule has 23 heavy (non-hydrogen) atoms. The van der Waals surface area contributed by atoms with Gasteiger partial charge in [0.25, 0.3) is 0 Å². The maximum absolute atomic E-state index is 4.19. The Balaban J connectivity index is 2.88. The third kappa shape index (κ3) is 8.99. The lowest BCUT2D eigenvalue weighted by Crippen LogP contribution is -2.17. The second kappa shape index (κ2) is 11.7. The molecule has 0 amide bonds. The third-order valence-corrected chi connectivity index (χ3v) is 2.91. The summed E-state index contributed by atoms with van der Waals surface area (Å²) in [5.41, 5.74) is 1.63. The van der Waals surface area contributed by atoms with E-state index in [9.17, 15) is 0 Å². The van der Waals surface area contributed by atoms with Crippen LogP contribution in [0.5, 0.6) is 0 Å². The maximum Gasteiger partial charge on any atom is 0.180 e. The highest BCUT2D eigenvalue weighted by Gasteiger charge is 2.00. The Morgan fingerprint density at radius 2 is 1.83 bits per heavy atom. The molecule has 1 aromatic rings. The number of hydrogen-bond acceptors (Lipinski definition) is 5. The summed E-state index contributed by atoms with van der Waals surface area (Å²) in [6, 6.07) is 3.82. The van der Waals surface area contributed by atoms with Gasteiger partial charge in [0.15, 0.2) is 10.3 Å². The van der Waals surface area contributed by atoms with Gasteiger partial charge in [-0.3, -0.25) is 4.98 Å². The standard InChI is InChI=1S/C14H21N7S2/c1-3-16-13(22)20-18-10-12(19-21-14(23)17-4-2)8-11-6-5-7-15-9-11/h5-7,9-10H,3-4,8H2,1-2H3,(H2,16,20,22)(H2,17,21,23)/b18-10+,19-12+. The molecular weight excluding hydrogens is 330 g/mol. The highest BCUT2D eigenvalue weighted by molar-refractivity contribution is 7.97. The van der Waals surface area contributed by atoms with Crippen molar-refractivity contribution in [3.8, 4) is 0 Å². The van der Waals surface area contributed by atoms with Gasteiger partial charge in [-0.15, -0.1) is 35.5 Å². The molecule has 7 nitrogen and oxygen atoms in total. The van der Waals surface area contributed by atoms with Crippen LogP contribution in [-0.2, 0) is 6.42 Å². The fourth-order valence-electron chi connectivity index (χ4n) is 1.47. The number of nitrogens with one attached hydrogen (secondary N) is 2. The van der Waals surface area contributed by atoms with Crippen molar-refractivity contribution in [3.63, 3.8) is 0 Å². The van der Waals surface area contributed by atoms with Crippen LogP contribution in [0.2, 0.25) is 0 Å². The fourth-order valence-corrected chi connectivity index (χ4v) is 1.88. The van der Waals surface area contributed by atoms with Crippen molar-refractivity contribution < 1.29 is 0 Å². The maximum atomic E-state index is 4.19. The van der Waals surface area contributed by atoms with E-state index < -0.39 is 0 Å². The molecule has 0 aliphatic heterocycles. The molecule has 0 aromatic carbocycles. The van der Waals surface area contributed by atoms with Crippen LogP contribution in [0.1, 0.15) is 19.4 Å². The van der Waals surface area contributed by atoms with E-state index in [0.29, 0.717) is 22.5 Å². The van der Waals surface area contributed by atoms with Crippen LogP contribution >= 0.6 is 25.3 Å². The molecule has 9 heteroatoms. The Labute approximate surface area is 147 Å². The highest BCUT2D eigenvalue weighted by atomic mass is 32.1. The molecule has 0 unspecified atom stereocenters. The zero-order valence-electron chi connectivity index (χ0n) is 13.1. The average Bonchev–Trinajstić information content (AvgIpc) is 2.54. The minimum Gasteiger partial charge on any atom is -0.364 e. The molecule has 0 aliphatic carbocycles. The van der Waals surface area contributed by atoms with Crippen molar-refractivity contribution in [2.24, 2.45) is 20.4 Å². The minimum absolute atomic E-state index is 0.440. The van der Waals surface area contributed by atoms with Crippen LogP contribution in [0, 0.1) is 0 Å². The lowest BCUT2D eigenvalue weighted by atomic mass is 10.1. The van der Waals surface area contributed by atoms with E-state index in [1.165, 1.54) is 6.21 Å². The van der Waals surface area contributed by atoms with Gasteiger partial charge in [-0.25, -0.2) is 0 Å². The van der Waals surface area contributed by atoms with Gasteiger partial charge in [-0.2, -0.15) is 10.2 Å². The molecule has 0 aliphatic rings. The van der Waals surface area contributed by atoms with Crippen LogP contribution in [0.4, 0.5) is 0 Å².